The number of methoxy groups -OCH3 is 1. The maximum atomic E-state index is 14.8. The number of ether oxygens (including phenoxy) is 3. The molecule has 2 aromatic heterocycles. The molecule has 4 N–H and O–H groups in total. The molecule has 0 radical (unpaired) electrons. The van der Waals surface area contributed by atoms with Crippen molar-refractivity contribution in [2.45, 2.75) is 133 Å². The van der Waals surface area contributed by atoms with Gasteiger partial charge in [0, 0.05) is 87.3 Å². The molecule has 0 bridgehead atoms. The van der Waals surface area contributed by atoms with Gasteiger partial charge in [-0.15, -0.1) is 0 Å². The highest BCUT2D eigenvalue weighted by atomic mass is 32.2. The molecule has 0 unspecified atom stereocenters. The first-order valence-corrected chi connectivity index (χ1v) is 29.8. The standard InChI is InChI=1S/C61H73FN8O9S/c1-39(2)47-12-8-9-13-48(47)54-36-67(35-41-14-19-55(57(26-41)77-4)78-44-10-6-5-7-11-44)24-25-69(54)43-30-61(31-43)37-68(38-61)42-15-17-49(56(27-42)79-45-28-50-51(62)34-65-58(50)64-33-45)59(71)66-80(75,76)46-16-18-52(53(29-46)70(73)74)63-32-40-20-22-60(3,72)23-21-40/h8-9,12-19,26-29,33-34,39-40,43-44,54,63,72H,5-7,10-11,20-25,30-32,35-38H2,1-4H3,(H,64,65)(H,66,71)/t40-,54-,60-/m0/s1. The van der Waals surface area contributed by atoms with E-state index in [4.69, 9.17) is 14.2 Å². The van der Waals surface area contributed by atoms with Crippen molar-refractivity contribution in [1.29, 1.82) is 0 Å². The Labute approximate surface area is 467 Å². The molecule has 1 spiro atoms. The number of nitrogens with zero attached hydrogens (tertiary/aromatic N) is 5. The lowest BCUT2D eigenvalue weighted by atomic mass is 9.59. The summed E-state index contributed by atoms with van der Waals surface area (Å²) < 4.78 is 63.3. The number of amides is 1. The summed E-state index contributed by atoms with van der Waals surface area (Å²) in [6.07, 6.45) is 13.4. The number of halogens is 1. The largest absolute Gasteiger partial charge is 0.493 e. The monoisotopic (exact) mass is 1110 g/mol. The average Bonchev–Trinajstić information content (AvgIpc) is 3.96. The number of pyridine rings is 1. The van der Waals surface area contributed by atoms with Gasteiger partial charge in [0.25, 0.3) is 21.6 Å². The summed E-state index contributed by atoms with van der Waals surface area (Å²) in [6.45, 7) is 11.8. The van der Waals surface area contributed by atoms with Crippen LogP contribution in [-0.4, -0.2) is 108 Å². The zero-order valence-electron chi connectivity index (χ0n) is 46.1. The number of rotatable bonds is 18. The lowest BCUT2D eigenvalue weighted by molar-refractivity contribution is -0.384. The van der Waals surface area contributed by atoms with Crippen molar-refractivity contribution in [2.75, 3.05) is 56.6 Å². The van der Waals surface area contributed by atoms with Gasteiger partial charge < -0.3 is 34.5 Å². The number of aromatic amines is 1. The van der Waals surface area contributed by atoms with Crippen LogP contribution in [0.5, 0.6) is 23.0 Å². The molecule has 2 aliphatic heterocycles. The third kappa shape index (κ3) is 11.8. The van der Waals surface area contributed by atoms with Crippen molar-refractivity contribution in [2.24, 2.45) is 11.3 Å². The fraction of sp³-hybridized carbons (Fsp3) is 0.475. The Kier molecular flexibility index (Phi) is 15.6. The maximum Gasteiger partial charge on any atom is 0.293 e. The van der Waals surface area contributed by atoms with Crippen molar-refractivity contribution < 1.29 is 41.8 Å². The topological polar surface area (TPSA) is 205 Å². The second kappa shape index (κ2) is 22.6. The molecule has 11 rings (SSSR count). The molecular weight excluding hydrogens is 1040 g/mol. The molecule has 5 fully saturated rings. The van der Waals surface area contributed by atoms with E-state index in [2.05, 4.69) is 91.0 Å². The molecule has 3 aliphatic carbocycles. The molecule has 5 aliphatic rings. The number of piperazine rings is 1. The predicted octanol–water partition coefficient (Wildman–Crippen LogP) is 11.2. The predicted molar refractivity (Wildman–Crippen MR) is 305 cm³/mol. The van der Waals surface area contributed by atoms with E-state index in [0.717, 1.165) is 101 Å². The third-order valence-corrected chi connectivity index (χ3v) is 18.9. The highest BCUT2D eigenvalue weighted by molar-refractivity contribution is 7.90. The van der Waals surface area contributed by atoms with Crippen molar-refractivity contribution in [3.8, 4) is 23.0 Å². The Morgan fingerprint density at radius 2 is 1.73 bits per heavy atom. The van der Waals surface area contributed by atoms with Gasteiger partial charge in [-0.3, -0.25) is 24.7 Å². The minimum Gasteiger partial charge on any atom is -0.493 e. The van der Waals surface area contributed by atoms with Crippen molar-refractivity contribution in [3.05, 3.63) is 136 Å². The van der Waals surface area contributed by atoms with Crippen LogP contribution in [0.25, 0.3) is 11.0 Å². The minimum atomic E-state index is -4.65. The summed E-state index contributed by atoms with van der Waals surface area (Å²) >= 11 is 0. The Morgan fingerprint density at radius 1 is 0.950 bits per heavy atom. The molecule has 4 heterocycles. The molecule has 1 atom stereocenters. The van der Waals surface area contributed by atoms with Crippen LogP contribution in [-0.2, 0) is 16.6 Å². The summed E-state index contributed by atoms with van der Waals surface area (Å²) in [7, 11) is -2.93. The van der Waals surface area contributed by atoms with Gasteiger partial charge in [-0.1, -0.05) is 50.6 Å². The van der Waals surface area contributed by atoms with E-state index in [-0.39, 0.29) is 51.6 Å². The number of sulfonamides is 1. The van der Waals surface area contributed by atoms with Crippen LogP contribution in [0.4, 0.5) is 21.5 Å². The van der Waals surface area contributed by atoms with E-state index in [1.54, 1.807) is 26.2 Å². The number of carbonyl (C=O) groups excluding carboxylic acids is 1. The number of anilines is 2. The fourth-order valence-corrected chi connectivity index (χ4v) is 14.0. The van der Waals surface area contributed by atoms with Crippen molar-refractivity contribution >= 4 is 44.0 Å². The summed E-state index contributed by atoms with van der Waals surface area (Å²) in [4.78, 5) is 39.9. The number of aromatic nitrogens is 2. The Balaban J connectivity index is 0.782. The molecule has 424 valence electrons. The first-order valence-electron chi connectivity index (χ1n) is 28.3. The van der Waals surface area contributed by atoms with Crippen molar-refractivity contribution in [3.63, 3.8) is 0 Å². The van der Waals surface area contributed by atoms with Gasteiger partial charge >= 0.3 is 0 Å². The van der Waals surface area contributed by atoms with Gasteiger partial charge in [0.15, 0.2) is 11.5 Å². The summed E-state index contributed by atoms with van der Waals surface area (Å²) in [5.74, 6) is 0.711. The van der Waals surface area contributed by atoms with Gasteiger partial charge in [0.1, 0.15) is 28.7 Å². The number of carbonyl (C=O) groups is 1. The Morgan fingerprint density at radius 3 is 2.48 bits per heavy atom. The average molecular weight is 1110 g/mol. The number of H-pyrrole nitrogens is 1. The van der Waals surface area contributed by atoms with Gasteiger partial charge in [0.05, 0.1) is 45.8 Å². The minimum absolute atomic E-state index is 0.0150. The van der Waals surface area contributed by atoms with Gasteiger partial charge in [-0.2, -0.15) is 0 Å². The van der Waals surface area contributed by atoms with Crippen LogP contribution in [0, 0.1) is 27.3 Å². The van der Waals surface area contributed by atoms with Crippen molar-refractivity contribution in [1.82, 2.24) is 24.5 Å². The highest BCUT2D eigenvalue weighted by Gasteiger charge is 2.55. The smallest absolute Gasteiger partial charge is 0.293 e. The van der Waals surface area contributed by atoms with Crippen LogP contribution in [0.3, 0.4) is 0 Å². The molecule has 80 heavy (non-hydrogen) atoms. The number of fused-ring (bicyclic) bond motifs is 1. The van der Waals surface area contributed by atoms with Gasteiger partial charge in [-0.05, 0) is 142 Å². The number of benzene rings is 4. The van der Waals surface area contributed by atoms with Gasteiger partial charge in [0.2, 0.25) is 0 Å². The molecule has 4 aromatic carbocycles. The summed E-state index contributed by atoms with van der Waals surface area (Å²) in [5.41, 5.74) is 3.91. The number of nitro benzene ring substituents is 1. The highest BCUT2D eigenvalue weighted by Crippen LogP contribution is 2.54. The second-order valence-corrected chi connectivity index (χ2v) is 25.4. The van der Waals surface area contributed by atoms with E-state index >= 15 is 0 Å². The molecular formula is C61H73FN8O9S. The van der Waals surface area contributed by atoms with Crippen LogP contribution in [0.2, 0.25) is 0 Å². The first kappa shape index (κ1) is 55.1. The fourth-order valence-electron chi connectivity index (χ4n) is 13.0. The van der Waals surface area contributed by atoms with Crippen LogP contribution < -0.4 is 29.1 Å². The quantitative estimate of drug-likeness (QED) is 0.0467. The summed E-state index contributed by atoms with van der Waals surface area (Å²) in [6, 6.07) is 25.8. The lowest BCUT2D eigenvalue weighted by Gasteiger charge is -2.63. The third-order valence-electron chi connectivity index (χ3n) is 17.5. The lowest BCUT2D eigenvalue weighted by Crippen LogP contribution is -2.68. The second-order valence-electron chi connectivity index (χ2n) is 23.7. The Bertz CT molecular complexity index is 3360. The molecule has 19 heteroatoms. The molecule has 2 saturated heterocycles. The first-order chi connectivity index (χ1) is 38.4. The van der Waals surface area contributed by atoms with E-state index in [9.17, 15) is 32.8 Å². The Hall–Kier alpha value is -6.80. The summed E-state index contributed by atoms with van der Waals surface area (Å²) in [5, 5.41) is 25.9. The number of nitro groups is 1. The molecule has 17 nitrogen and oxygen atoms in total. The molecule has 3 saturated carbocycles. The normalized spacial score (nSPS) is 22.0. The van der Waals surface area contributed by atoms with Crippen LogP contribution in [0.15, 0.2) is 102 Å². The SMILES string of the molecule is COc1cc(CN2CCN(C3CC4(C3)CN(c3ccc(C(=O)NS(=O)(=O)c5ccc(NC[C@H]6CC[C@](C)(O)CC6)c([N+](=O)[O-])c5)c(Oc5cnc6[nH]cc(F)c6c5)c3)C4)[C@H](c3ccccc3C(C)C)C2)ccc1OC1CCCCC1. The zero-order chi connectivity index (χ0) is 55.9. The number of aliphatic hydroxyl groups is 1. The van der Waals surface area contributed by atoms with E-state index < -0.39 is 42.9 Å². The maximum absolute atomic E-state index is 14.8. The van der Waals surface area contributed by atoms with E-state index in [1.165, 1.54) is 72.6 Å². The number of hydrogen-bond acceptors (Lipinski definition) is 14. The van der Waals surface area contributed by atoms with E-state index in [0.29, 0.717) is 37.0 Å². The molecule has 6 aromatic rings. The number of hydrogen-bond donors (Lipinski definition) is 4. The van der Waals surface area contributed by atoms with Crippen LogP contribution in [0.1, 0.15) is 130 Å². The zero-order valence-corrected chi connectivity index (χ0v) is 46.9. The van der Waals surface area contributed by atoms with Crippen LogP contribution >= 0.6 is 0 Å². The number of nitrogens with one attached hydrogen (secondary N) is 3. The molecule has 1 amide bonds. The van der Waals surface area contributed by atoms with Gasteiger partial charge in [-0.25, -0.2) is 22.5 Å². The van der Waals surface area contributed by atoms with E-state index in [1.807, 2.05) is 0 Å².